The molecule has 0 aromatic heterocycles. The average molecular weight is 348 g/mol. The molecule has 0 unspecified atom stereocenters. The van der Waals surface area contributed by atoms with Crippen LogP contribution in [0.1, 0.15) is 18.9 Å². The smallest absolute Gasteiger partial charge is 0.297 e. The Kier molecular flexibility index (Phi) is 3.76. The van der Waals surface area contributed by atoms with Crippen molar-refractivity contribution in [1.29, 1.82) is 0 Å². The monoisotopic (exact) mass is 348 g/mol. The van der Waals surface area contributed by atoms with E-state index in [4.69, 9.17) is 0 Å². The van der Waals surface area contributed by atoms with Gasteiger partial charge in [0.1, 0.15) is 5.70 Å². The highest BCUT2D eigenvalue weighted by molar-refractivity contribution is 6.31. The number of para-hydroxylation sites is 2. The Labute approximate surface area is 150 Å². The first-order valence-corrected chi connectivity index (χ1v) is 8.36. The molecular weight excluding hydrogens is 332 g/mol. The Morgan fingerprint density at radius 3 is 2.46 bits per heavy atom. The van der Waals surface area contributed by atoms with E-state index in [9.17, 15) is 14.9 Å². The van der Waals surface area contributed by atoms with Crippen LogP contribution in [0.3, 0.4) is 0 Å². The topological polar surface area (TPSA) is 79.0 Å². The molecule has 0 atom stereocenters. The summed E-state index contributed by atoms with van der Waals surface area (Å²) in [6, 6.07) is 14.0. The molecule has 0 aliphatic carbocycles. The molecule has 4 rings (SSSR count). The second-order valence-electron chi connectivity index (χ2n) is 6.07. The van der Waals surface area contributed by atoms with Gasteiger partial charge in [-0.05, 0) is 42.3 Å². The van der Waals surface area contributed by atoms with E-state index >= 15 is 0 Å². The van der Waals surface area contributed by atoms with Crippen molar-refractivity contribution in [3.63, 3.8) is 0 Å². The molecule has 1 amide bonds. The molecule has 0 radical (unpaired) electrons. The van der Waals surface area contributed by atoms with Crippen LogP contribution in [0.2, 0.25) is 0 Å². The number of amides is 1. The van der Waals surface area contributed by atoms with Crippen molar-refractivity contribution in [3.05, 3.63) is 69.9 Å². The van der Waals surface area contributed by atoms with E-state index in [1.165, 1.54) is 12.1 Å². The van der Waals surface area contributed by atoms with Gasteiger partial charge in [-0.2, -0.15) is 4.99 Å². The molecule has 7 nitrogen and oxygen atoms in total. The number of carbonyl (C=O) groups excluding carboxylic acids is 1. The third-order valence-corrected chi connectivity index (χ3v) is 4.37. The van der Waals surface area contributed by atoms with Crippen LogP contribution in [0.15, 0.2) is 59.2 Å². The van der Waals surface area contributed by atoms with Crippen molar-refractivity contribution in [2.45, 2.75) is 13.3 Å². The first kappa shape index (κ1) is 16.0. The Bertz CT molecular complexity index is 963. The fourth-order valence-corrected chi connectivity index (χ4v) is 3.23. The fraction of sp³-hybridized carbons (Fsp3) is 0.158. The molecule has 0 N–H and O–H groups in total. The van der Waals surface area contributed by atoms with Crippen LogP contribution in [0, 0.1) is 10.1 Å². The lowest BCUT2D eigenvalue weighted by Gasteiger charge is -2.18. The minimum absolute atomic E-state index is 0.0162. The summed E-state index contributed by atoms with van der Waals surface area (Å²) < 4.78 is 0. The molecule has 2 aromatic carbocycles. The van der Waals surface area contributed by atoms with E-state index in [1.54, 1.807) is 18.2 Å². The molecule has 0 spiro atoms. The fourth-order valence-electron chi connectivity index (χ4n) is 3.23. The highest BCUT2D eigenvalue weighted by Crippen LogP contribution is 2.42. The second-order valence-corrected chi connectivity index (χ2v) is 6.07. The van der Waals surface area contributed by atoms with E-state index < -0.39 is 4.92 Å². The Balaban J connectivity index is 1.76. The number of aliphatic imine (C=N–C) groups is 1. The number of rotatable bonds is 4. The Morgan fingerprint density at radius 1 is 1.12 bits per heavy atom. The zero-order valence-corrected chi connectivity index (χ0v) is 14.1. The summed E-state index contributed by atoms with van der Waals surface area (Å²) in [6.07, 6.45) is 2.64. The Morgan fingerprint density at radius 2 is 1.81 bits per heavy atom. The number of benzene rings is 2. The van der Waals surface area contributed by atoms with Gasteiger partial charge in [-0.25, -0.2) is 0 Å². The largest absolute Gasteiger partial charge is 0.310 e. The van der Waals surface area contributed by atoms with Gasteiger partial charge >= 0.3 is 0 Å². The zero-order valence-electron chi connectivity index (χ0n) is 14.1. The van der Waals surface area contributed by atoms with Crippen LogP contribution in [0.4, 0.5) is 17.1 Å². The van der Waals surface area contributed by atoms with Crippen molar-refractivity contribution < 1.29 is 9.72 Å². The van der Waals surface area contributed by atoms with Crippen LogP contribution in [0.25, 0.3) is 6.08 Å². The van der Waals surface area contributed by atoms with Crippen molar-refractivity contribution in [2.75, 3.05) is 16.3 Å². The molecule has 7 heteroatoms. The quantitative estimate of drug-likeness (QED) is 0.479. The molecule has 0 saturated carbocycles. The maximum absolute atomic E-state index is 12.5. The molecule has 26 heavy (non-hydrogen) atoms. The number of fused-ring (bicyclic) bond motifs is 3. The van der Waals surface area contributed by atoms with Gasteiger partial charge in [-0.3, -0.25) is 19.8 Å². The highest BCUT2D eigenvalue weighted by Gasteiger charge is 2.41. The summed E-state index contributed by atoms with van der Waals surface area (Å²) in [6.45, 7) is 2.85. The number of nitrogens with zero attached hydrogens (tertiary/aromatic N) is 4. The van der Waals surface area contributed by atoms with Crippen LogP contribution in [-0.4, -0.2) is 23.3 Å². The number of hydrogen-bond donors (Lipinski definition) is 0. The van der Waals surface area contributed by atoms with Gasteiger partial charge in [-0.1, -0.05) is 19.1 Å². The van der Waals surface area contributed by atoms with Gasteiger partial charge in [0.25, 0.3) is 11.6 Å². The summed E-state index contributed by atoms with van der Waals surface area (Å²) in [4.78, 5) is 31.0. The minimum Gasteiger partial charge on any atom is -0.310 e. The summed E-state index contributed by atoms with van der Waals surface area (Å²) in [5, 5.41) is 10.8. The van der Waals surface area contributed by atoms with Crippen molar-refractivity contribution in [3.8, 4) is 0 Å². The number of guanidine groups is 1. The number of nitro groups is 1. The minimum atomic E-state index is -0.446. The number of non-ortho nitro benzene ring substituents is 1. The number of nitro benzene ring substituents is 1. The van der Waals surface area contributed by atoms with Gasteiger partial charge in [0.2, 0.25) is 5.96 Å². The standard InChI is InChI=1S/C19H16N4O3/c1-2-11-21-15-5-3-4-6-16(15)22-17(18(24)20-19(21)22)12-13-7-9-14(10-8-13)23(25)26/h3-10,12H,2,11H2,1H3/b17-12+. The van der Waals surface area contributed by atoms with Gasteiger partial charge in [0, 0.05) is 18.7 Å². The molecule has 2 aliphatic heterocycles. The van der Waals surface area contributed by atoms with Crippen molar-refractivity contribution in [2.24, 2.45) is 4.99 Å². The van der Waals surface area contributed by atoms with Gasteiger partial charge in [0.05, 0.1) is 16.3 Å². The average Bonchev–Trinajstić information content (AvgIpc) is 3.11. The van der Waals surface area contributed by atoms with Crippen LogP contribution in [0.5, 0.6) is 0 Å². The first-order chi connectivity index (χ1) is 12.6. The predicted octanol–water partition coefficient (Wildman–Crippen LogP) is 3.57. The maximum Gasteiger partial charge on any atom is 0.297 e. The van der Waals surface area contributed by atoms with Gasteiger partial charge < -0.3 is 4.90 Å². The number of carbonyl (C=O) groups is 1. The predicted molar refractivity (Wildman–Crippen MR) is 100 cm³/mol. The molecule has 2 heterocycles. The summed E-state index contributed by atoms with van der Waals surface area (Å²) in [7, 11) is 0. The van der Waals surface area contributed by atoms with Gasteiger partial charge in [0.15, 0.2) is 0 Å². The van der Waals surface area contributed by atoms with E-state index in [0.29, 0.717) is 17.2 Å². The molecule has 0 fully saturated rings. The lowest BCUT2D eigenvalue weighted by molar-refractivity contribution is -0.384. The summed E-state index contributed by atoms with van der Waals surface area (Å²) in [5.74, 6) is 0.306. The number of hydrogen-bond acceptors (Lipinski definition) is 5. The van der Waals surface area contributed by atoms with E-state index in [-0.39, 0.29) is 11.6 Å². The summed E-state index contributed by atoms with van der Waals surface area (Å²) >= 11 is 0. The van der Waals surface area contributed by atoms with E-state index in [1.807, 2.05) is 34.1 Å². The SMILES string of the molecule is CCCN1C2=NC(=O)/C(=C\c3ccc([N+](=O)[O-])cc3)N2c2ccccc21. The molecule has 0 saturated heterocycles. The zero-order chi connectivity index (χ0) is 18.3. The van der Waals surface area contributed by atoms with Crippen LogP contribution >= 0.6 is 0 Å². The molecule has 2 aliphatic rings. The third kappa shape index (κ3) is 2.45. The van der Waals surface area contributed by atoms with Crippen molar-refractivity contribution >= 4 is 35.0 Å². The lowest BCUT2D eigenvalue weighted by Crippen LogP contribution is -2.35. The summed E-state index contributed by atoms with van der Waals surface area (Å²) in [5.41, 5.74) is 3.11. The normalized spacial score (nSPS) is 16.7. The van der Waals surface area contributed by atoms with Gasteiger partial charge in [-0.15, -0.1) is 0 Å². The molecular formula is C19H16N4O3. The van der Waals surface area contributed by atoms with Crippen LogP contribution < -0.4 is 9.80 Å². The molecule has 0 bridgehead atoms. The Hall–Kier alpha value is -3.48. The maximum atomic E-state index is 12.5. The third-order valence-electron chi connectivity index (χ3n) is 4.37. The van der Waals surface area contributed by atoms with Crippen molar-refractivity contribution in [1.82, 2.24) is 0 Å². The molecule has 2 aromatic rings. The first-order valence-electron chi connectivity index (χ1n) is 8.36. The molecule has 130 valence electrons. The second kappa shape index (κ2) is 6.11. The van der Waals surface area contributed by atoms with E-state index in [0.717, 1.165) is 24.3 Å². The highest BCUT2D eigenvalue weighted by atomic mass is 16.6. The van der Waals surface area contributed by atoms with Crippen LogP contribution in [-0.2, 0) is 4.79 Å². The van der Waals surface area contributed by atoms with E-state index in [2.05, 4.69) is 11.9 Å². The number of anilines is 2. The lowest BCUT2D eigenvalue weighted by atomic mass is 10.1.